The van der Waals surface area contributed by atoms with Crippen LogP contribution in [0.3, 0.4) is 0 Å². The second-order valence-corrected chi connectivity index (χ2v) is 6.62. The van der Waals surface area contributed by atoms with Crippen molar-refractivity contribution in [2.45, 2.75) is 39.2 Å². The van der Waals surface area contributed by atoms with E-state index in [9.17, 15) is 0 Å². The molecule has 0 saturated carbocycles. The van der Waals surface area contributed by atoms with Crippen molar-refractivity contribution in [3.63, 3.8) is 0 Å². The maximum absolute atomic E-state index is 4.88. The van der Waals surface area contributed by atoms with Gasteiger partial charge in [-0.2, -0.15) is 0 Å². The summed E-state index contributed by atoms with van der Waals surface area (Å²) in [5.41, 5.74) is 0.879. The van der Waals surface area contributed by atoms with E-state index in [-0.39, 0.29) is 0 Å². The largest absolute Gasteiger partial charge is 0.364 e. The van der Waals surface area contributed by atoms with Gasteiger partial charge in [0.1, 0.15) is 12.0 Å². The van der Waals surface area contributed by atoms with E-state index in [1.807, 2.05) is 6.07 Å². The molecule has 6 nitrogen and oxygen atoms in total. The van der Waals surface area contributed by atoms with Crippen molar-refractivity contribution in [3.8, 4) is 0 Å². The molecule has 2 aliphatic rings. The zero-order valence-electron chi connectivity index (χ0n) is 14.2. The summed E-state index contributed by atoms with van der Waals surface area (Å²) < 4.78 is 4.88. The number of nitrogens with zero attached hydrogens (tertiary/aromatic N) is 4. The Bertz CT molecular complexity index is 481. The first-order chi connectivity index (χ1) is 11.3. The van der Waals surface area contributed by atoms with Crippen molar-refractivity contribution in [2.75, 3.05) is 39.3 Å². The highest BCUT2D eigenvalue weighted by Crippen LogP contribution is 2.20. The summed E-state index contributed by atoms with van der Waals surface area (Å²) >= 11 is 0. The highest BCUT2D eigenvalue weighted by Gasteiger charge is 2.26. The van der Waals surface area contributed by atoms with E-state index in [0.717, 1.165) is 37.2 Å². The van der Waals surface area contributed by atoms with E-state index in [4.69, 9.17) is 9.52 Å². The third-order valence-electron chi connectivity index (χ3n) is 4.77. The van der Waals surface area contributed by atoms with E-state index in [2.05, 4.69) is 27.2 Å². The molecule has 6 heteroatoms. The number of hydrogen-bond acceptors (Lipinski definition) is 4. The SMILES string of the molecule is CCNC(=NCc1ccon1)N1CCC(CN2CCCCC2)C1. The Hall–Kier alpha value is -1.56. The van der Waals surface area contributed by atoms with Gasteiger partial charge in [-0.1, -0.05) is 11.6 Å². The highest BCUT2D eigenvalue weighted by molar-refractivity contribution is 5.80. The molecule has 1 aromatic rings. The van der Waals surface area contributed by atoms with Crippen LogP contribution in [0.4, 0.5) is 0 Å². The fourth-order valence-corrected chi connectivity index (χ4v) is 3.58. The van der Waals surface area contributed by atoms with Crippen molar-refractivity contribution in [2.24, 2.45) is 10.9 Å². The van der Waals surface area contributed by atoms with Gasteiger partial charge in [0.05, 0.1) is 6.54 Å². The molecule has 1 unspecified atom stereocenters. The molecular formula is C17H29N5O. The number of rotatable bonds is 5. The fraction of sp³-hybridized carbons (Fsp3) is 0.765. The molecular weight excluding hydrogens is 290 g/mol. The van der Waals surface area contributed by atoms with E-state index in [1.54, 1.807) is 6.26 Å². The Morgan fingerprint density at radius 3 is 2.96 bits per heavy atom. The molecule has 0 radical (unpaired) electrons. The molecule has 23 heavy (non-hydrogen) atoms. The average Bonchev–Trinajstić information content (AvgIpc) is 3.24. The van der Waals surface area contributed by atoms with Gasteiger partial charge in [0.2, 0.25) is 0 Å². The molecule has 0 bridgehead atoms. The number of aromatic nitrogens is 1. The first kappa shape index (κ1) is 16.3. The zero-order valence-corrected chi connectivity index (χ0v) is 14.2. The summed E-state index contributed by atoms with van der Waals surface area (Å²) in [5.74, 6) is 1.78. The van der Waals surface area contributed by atoms with Crippen LogP contribution in [0.2, 0.25) is 0 Å². The highest BCUT2D eigenvalue weighted by atomic mass is 16.5. The van der Waals surface area contributed by atoms with Gasteiger partial charge < -0.3 is 19.6 Å². The Kier molecular flexibility index (Phi) is 5.91. The molecule has 128 valence electrons. The van der Waals surface area contributed by atoms with Crippen LogP contribution in [0.15, 0.2) is 21.8 Å². The lowest BCUT2D eigenvalue weighted by atomic mass is 10.1. The summed E-state index contributed by atoms with van der Waals surface area (Å²) in [4.78, 5) is 9.77. The van der Waals surface area contributed by atoms with Gasteiger partial charge in [-0.05, 0) is 45.2 Å². The summed E-state index contributed by atoms with van der Waals surface area (Å²) in [6.45, 7) is 9.63. The van der Waals surface area contributed by atoms with E-state index in [0.29, 0.717) is 6.54 Å². The smallest absolute Gasteiger partial charge is 0.194 e. The molecule has 2 fully saturated rings. The summed E-state index contributed by atoms with van der Waals surface area (Å²) in [5, 5.41) is 7.35. The van der Waals surface area contributed by atoms with Crippen LogP contribution in [0, 0.1) is 5.92 Å². The van der Waals surface area contributed by atoms with Crippen molar-refractivity contribution in [3.05, 3.63) is 18.0 Å². The summed E-state index contributed by atoms with van der Waals surface area (Å²) in [6.07, 6.45) is 7.02. The van der Waals surface area contributed by atoms with Crippen LogP contribution in [0.1, 0.15) is 38.3 Å². The topological polar surface area (TPSA) is 56.9 Å². The van der Waals surface area contributed by atoms with E-state index < -0.39 is 0 Å². The van der Waals surface area contributed by atoms with Crippen LogP contribution in [0.25, 0.3) is 0 Å². The number of nitrogens with one attached hydrogen (secondary N) is 1. The number of aliphatic imine (C=N–C) groups is 1. The van der Waals surface area contributed by atoms with Crippen molar-refractivity contribution < 1.29 is 4.52 Å². The average molecular weight is 319 g/mol. The monoisotopic (exact) mass is 319 g/mol. The minimum absolute atomic E-state index is 0.576. The third kappa shape index (κ3) is 4.70. The Morgan fingerprint density at radius 2 is 2.22 bits per heavy atom. The van der Waals surface area contributed by atoms with Gasteiger partial charge in [-0.3, -0.25) is 0 Å². The van der Waals surface area contributed by atoms with Gasteiger partial charge in [0.15, 0.2) is 5.96 Å². The van der Waals surface area contributed by atoms with Gasteiger partial charge in [0.25, 0.3) is 0 Å². The molecule has 1 atom stereocenters. The molecule has 3 heterocycles. The Morgan fingerprint density at radius 1 is 1.35 bits per heavy atom. The quantitative estimate of drug-likeness (QED) is 0.664. The molecule has 0 aromatic carbocycles. The molecule has 0 aliphatic carbocycles. The van der Waals surface area contributed by atoms with E-state index in [1.165, 1.54) is 45.3 Å². The fourth-order valence-electron chi connectivity index (χ4n) is 3.58. The maximum Gasteiger partial charge on any atom is 0.194 e. The van der Waals surface area contributed by atoms with E-state index >= 15 is 0 Å². The first-order valence-electron chi connectivity index (χ1n) is 9.00. The zero-order chi connectivity index (χ0) is 15.9. The predicted octanol–water partition coefficient (Wildman–Crippen LogP) is 1.95. The lowest BCUT2D eigenvalue weighted by Gasteiger charge is -2.29. The minimum atomic E-state index is 0.576. The molecule has 3 rings (SSSR count). The molecule has 2 aliphatic heterocycles. The lowest BCUT2D eigenvalue weighted by molar-refractivity contribution is 0.198. The van der Waals surface area contributed by atoms with Crippen molar-refractivity contribution >= 4 is 5.96 Å². The predicted molar refractivity (Wildman–Crippen MR) is 91.3 cm³/mol. The normalized spacial score (nSPS) is 23.4. The van der Waals surface area contributed by atoms with Crippen LogP contribution < -0.4 is 5.32 Å². The summed E-state index contributed by atoms with van der Waals surface area (Å²) in [7, 11) is 0. The first-order valence-corrected chi connectivity index (χ1v) is 9.00. The standard InChI is InChI=1S/C17H29N5O/c1-2-18-17(19-12-16-7-11-23-20-16)22-10-6-15(14-22)13-21-8-4-3-5-9-21/h7,11,15H,2-6,8-10,12-14H2,1H3,(H,18,19). The van der Waals surface area contributed by atoms with Gasteiger partial charge in [-0.15, -0.1) is 0 Å². The minimum Gasteiger partial charge on any atom is -0.364 e. The van der Waals surface area contributed by atoms with Crippen LogP contribution in [0.5, 0.6) is 0 Å². The van der Waals surface area contributed by atoms with Gasteiger partial charge in [-0.25, -0.2) is 4.99 Å². The second kappa shape index (κ2) is 8.34. The number of guanidine groups is 1. The van der Waals surface area contributed by atoms with Crippen LogP contribution >= 0.6 is 0 Å². The molecule has 1 aromatic heterocycles. The number of hydrogen-bond donors (Lipinski definition) is 1. The number of piperidine rings is 1. The van der Waals surface area contributed by atoms with Gasteiger partial charge >= 0.3 is 0 Å². The molecule has 0 amide bonds. The number of likely N-dealkylation sites (tertiary alicyclic amines) is 2. The molecule has 0 spiro atoms. The summed E-state index contributed by atoms with van der Waals surface area (Å²) in [6, 6.07) is 1.87. The second-order valence-electron chi connectivity index (χ2n) is 6.62. The van der Waals surface area contributed by atoms with Crippen molar-refractivity contribution in [1.29, 1.82) is 0 Å². The van der Waals surface area contributed by atoms with Crippen LogP contribution in [-0.4, -0.2) is 60.2 Å². The van der Waals surface area contributed by atoms with Crippen molar-refractivity contribution in [1.82, 2.24) is 20.3 Å². The Labute approximate surface area is 138 Å². The lowest BCUT2D eigenvalue weighted by Crippen LogP contribution is -2.41. The Balaban J connectivity index is 1.52. The molecule has 2 saturated heterocycles. The third-order valence-corrected chi connectivity index (χ3v) is 4.77. The molecule has 1 N–H and O–H groups in total. The van der Waals surface area contributed by atoms with Crippen LogP contribution in [-0.2, 0) is 6.54 Å². The maximum atomic E-state index is 4.88. The van der Waals surface area contributed by atoms with Gasteiger partial charge in [0, 0.05) is 32.2 Å².